The van der Waals surface area contributed by atoms with E-state index in [4.69, 9.17) is 0 Å². The predicted octanol–water partition coefficient (Wildman–Crippen LogP) is 2.93. The topological polar surface area (TPSA) is 24.9 Å². The van der Waals surface area contributed by atoms with Crippen molar-refractivity contribution >= 4 is 11.3 Å². The molecule has 78 valence electrons. The van der Waals surface area contributed by atoms with E-state index in [9.17, 15) is 0 Å². The molecule has 0 spiro atoms. The van der Waals surface area contributed by atoms with Crippen LogP contribution in [0.15, 0.2) is 18.9 Å². The molecule has 1 atom stereocenters. The van der Waals surface area contributed by atoms with Crippen LogP contribution in [0.1, 0.15) is 36.6 Å². The van der Waals surface area contributed by atoms with Crippen LogP contribution in [-0.2, 0) is 6.54 Å². The molecule has 1 unspecified atom stereocenters. The monoisotopic (exact) mass is 210 g/mol. The Kier molecular flexibility index (Phi) is 4.29. The minimum Gasteiger partial charge on any atom is -0.304 e. The van der Waals surface area contributed by atoms with Gasteiger partial charge in [0.25, 0.3) is 0 Å². The highest BCUT2D eigenvalue weighted by Gasteiger charge is 2.05. The van der Waals surface area contributed by atoms with Crippen molar-refractivity contribution < 1.29 is 0 Å². The average Bonchev–Trinajstić information content (AvgIpc) is 2.62. The van der Waals surface area contributed by atoms with Crippen LogP contribution in [0.4, 0.5) is 0 Å². The molecule has 1 aromatic rings. The van der Waals surface area contributed by atoms with E-state index in [0.717, 1.165) is 11.6 Å². The van der Waals surface area contributed by atoms with E-state index in [0.29, 0.717) is 12.0 Å². The molecule has 0 saturated heterocycles. The lowest BCUT2D eigenvalue weighted by atomic mass is 10.2. The van der Waals surface area contributed by atoms with Crippen molar-refractivity contribution in [1.29, 1.82) is 0 Å². The van der Waals surface area contributed by atoms with E-state index >= 15 is 0 Å². The van der Waals surface area contributed by atoms with Crippen molar-refractivity contribution in [3.05, 3.63) is 28.7 Å². The third-order valence-electron chi connectivity index (χ3n) is 2.07. The van der Waals surface area contributed by atoms with Gasteiger partial charge in [0, 0.05) is 23.7 Å². The molecule has 1 aromatic heterocycles. The van der Waals surface area contributed by atoms with Crippen molar-refractivity contribution in [2.24, 2.45) is 0 Å². The average molecular weight is 210 g/mol. The molecule has 0 aromatic carbocycles. The zero-order valence-corrected chi connectivity index (χ0v) is 9.90. The number of thiazole rings is 1. The highest BCUT2D eigenvalue weighted by atomic mass is 32.1. The van der Waals surface area contributed by atoms with Gasteiger partial charge in [-0.3, -0.25) is 0 Å². The fraction of sp³-hybridized carbons (Fsp3) is 0.545. The maximum absolute atomic E-state index is 4.37. The van der Waals surface area contributed by atoms with Crippen LogP contribution in [0.2, 0.25) is 0 Å². The van der Waals surface area contributed by atoms with Crippen molar-refractivity contribution in [2.75, 3.05) is 0 Å². The van der Waals surface area contributed by atoms with Crippen LogP contribution in [-0.4, -0.2) is 11.0 Å². The molecule has 0 saturated carbocycles. The van der Waals surface area contributed by atoms with Crippen LogP contribution in [0, 0.1) is 0 Å². The first-order valence-electron chi connectivity index (χ1n) is 4.94. The molecular weight excluding hydrogens is 192 g/mol. The summed E-state index contributed by atoms with van der Waals surface area (Å²) >= 11 is 1.79. The number of hydrogen-bond donors (Lipinski definition) is 1. The van der Waals surface area contributed by atoms with Gasteiger partial charge in [0.1, 0.15) is 5.01 Å². The summed E-state index contributed by atoms with van der Waals surface area (Å²) in [4.78, 5) is 5.72. The van der Waals surface area contributed by atoms with Gasteiger partial charge in [-0.25, -0.2) is 4.98 Å². The lowest BCUT2D eigenvalue weighted by molar-refractivity contribution is 0.632. The van der Waals surface area contributed by atoms with E-state index in [1.54, 1.807) is 11.3 Å². The second kappa shape index (κ2) is 5.27. The second-order valence-electron chi connectivity index (χ2n) is 3.72. The SMILES string of the molecule is C=CC(C)NCc1ncc(C(C)C)s1. The van der Waals surface area contributed by atoms with Gasteiger partial charge in [0.15, 0.2) is 0 Å². The van der Waals surface area contributed by atoms with Gasteiger partial charge in [-0.15, -0.1) is 17.9 Å². The van der Waals surface area contributed by atoms with Gasteiger partial charge in [0.05, 0.1) is 0 Å². The summed E-state index contributed by atoms with van der Waals surface area (Å²) in [6.07, 6.45) is 3.88. The summed E-state index contributed by atoms with van der Waals surface area (Å²) in [5, 5.41) is 4.49. The van der Waals surface area contributed by atoms with Crippen LogP contribution < -0.4 is 5.32 Å². The standard InChI is InChI=1S/C11H18N2S/c1-5-9(4)12-7-11-13-6-10(14-11)8(2)3/h5-6,8-9,12H,1,7H2,2-4H3. The Morgan fingerprint density at radius 2 is 2.29 bits per heavy atom. The van der Waals surface area contributed by atoms with Gasteiger partial charge >= 0.3 is 0 Å². The second-order valence-corrected chi connectivity index (χ2v) is 4.86. The molecule has 0 aliphatic rings. The fourth-order valence-corrected chi connectivity index (χ4v) is 1.88. The molecule has 0 bridgehead atoms. The lowest BCUT2D eigenvalue weighted by Crippen LogP contribution is -2.22. The molecular formula is C11H18N2S. The minimum absolute atomic E-state index is 0.349. The van der Waals surface area contributed by atoms with E-state index in [1.807, 2.05) is 12.3 Å². The summed E-state index contributed by atoms with van der Waals surface area (Å²) in [7, 11) is 0. The molecule has 0 aliphatic heterocycles. The van der Waals surface area contributed by atoms with Crippen molar-refractivity contribution in [3.63, 3.8) is 0 Å². The largest absolute Gasteiger partial charge is 0.304 e. The molecule has 0 amide bonds. The van der Waals surface area contributed by atoms with Gasteiger partial charge in [-0.1, -0.05) is 19.9 Å². The number of aromatic nitrogens is 1. The molecule has 1 rings (SSSR count). The van der Waals surface area contributed by atoms with Gasteiger partial charge in [0.2, 0.25) is 0 Å². The summed E-state index contributed by atoms with van der Waals surface area (Å²) < 4.78 is 0. The number of hydrogen-bond acceptors (Lipinski definition) is 3. The third-order valence-corrected chi connectivity index (χ3v) is 3.37. The lowest BCUT2D eigenvalue weighted by Gasteiger charge is -2.05. The van der Waals surface area contributed by atoms with Crippen molar-refractivity contribution in [1.82, 2.24) is 10.3 Å². The smallest absolute Gasteiger partial charge is 0.107 e. The minimum atomic E-state index is 0.349. The zero-order chi connectivity index (χ0) is 10.6. The van der Waals surface area contributed by atoms with Crippen LogP contribution in [0.3, 0.4) is 0 Å². The highest BCUT2D eigenvalue weighted by Crippen LogP contribution is 2.21. The molecule has 2 nitrogen and oxygen atoms in total. The van der Waals surface area contributed by atoms with E-state index < -0.39 is 0 Å². The summed E-state index contributed by atoms with van der Waals surface area (Å²) in [5.41, 5.74) is 0. The Hall–Kier alpha value is -0.670. The molecule has 1 N–H and O–H groups in total. The first-order chi connectivity index (χ1) is 6.63. The predicted molar refractivity (Wildman–Crippen MR) is 62.7 cm³/mol. The van der Waals surface area contributed by atoms with E-state index in [2.05, 4.69) is 37.7 Å². The van der Waals surface area contributed by atoms with E-state index in [-0.39, 0.29) is 0 Å². The van der Waals surface area contributed by atoms with Crippen LogP contribution >= 0.6 is 11.3 Å². The molecule has 1 heterocycles. The molecule has 14 heavy (non-hydrogen) atoms. The number of nitrogens with one attached hydrogen (secondary N) is 1. The Balaban J connectivity index is 2.47. The zero-order valence-electron chi connectivity index (χ0n) is 9.08. The van der Waals surface area contributed by atoms with Crippen molar-refractivity contribution in [2.45, 2.75) is 39.3 Å². The normalized spacial score (nSPS) is 13.1. The molecule has 0 aliphatic carbocycles. The first-order valence-corrected chi connectivity index (χ1v) is 5.75. The van der Waals surface area contributed by atoms with E-state index in [1.165, 1.54) is 4.88 Å². The number of nitrogens with zero attached hydrogens (tertiary/aromatic N) is 1. The number of rotatable bonds is 5. The summed E-state index contributed by atoms with van der Waals surface area (Å²) in [6, 6.07) is 0.349. The van der Waals surface area contributed by atoms with Crippen molar-refractivity contribution in [3.8, 4) is 0 Å². The Bertz CT molecular complexity index is 291. The Morgan fingerprint density at radius 3 is 2.79 bits per heavy atom. The quantitative estimate of drug-likeness (QED) is 0.756. The fourth-order valence-electron chi connectivity index (χ4n) is 1.00. The maximum Gasteiger partial charge on any atom is 0.107 e. The Labute approximate surface area is 90.1 Å². The third kappa shape index (κ3) is 3.24. The molecule has 0 fully saturated rings. The maximum atomic E-state index is 4.37. The van der Waals surface area contributed by atoms with Crippen LogP contribution in [0.5, 0.6) is 0 Å². The Morgan fingerprint density at radius 1 is 1.57 bits per heavy atom. The van der Waals surface area contributed by atoms with Gasteiger partial charge in [-0.2, -0.15) is 0 Å². The van der Waals surface area contributed by atoms with Gasteiger partial charge < -0.3 is 5.32 Å². The van der Waals surface area contributed by atoms with Gasteiger partial charge in [-0.05, 0) is 12.8 Å². The summed E-state index contributed by atoms with van der Waals surface area (Å²) in [6.45, 7) is 11.0. The van der Waals surface area contributed by atoms with Crippen LogP contribution in [0.25, 0.3) is 0 Å². The first kappa shape index (κ1) is 11.4. The molecule has 0 radical (unpaired) electrons. The summed E-state index contributed by atoms with van der Waals surface area (Å²) in [5.74, 6) is 0.582. The highest BCUT2D eigenvalue weighted by molar-refractivity contribution is 7.11. The molecule has 3 heteroatoms.